The van der Waals surface area contributed by atoms with Crippen molar-refractivity contribution >= 4 is 40.5 Å². The lowest BCUT2D eigenvalue weighted by molar-refractivity contribution is -0.384. The Morgan fingerprint density at radius 3 is 2.52 bits per heavy atom. The van der Waals surface area contributed by atoms with E-state index in [0.717, 1.165) is 0 Å². The molecule has 154 valence electrons. The van der Waals surface area contributed by atoms with E-state index in [4.69, 9.17) is 16.3 Å². The van der Waals surface area contributed by atoms with E-state index in [0.29, 0.717) is 16.4 Å². The molecule has 2 rings (SSSR count). The molecule has 0 radical (unpaired) electrons. The Labute approximate surface area is 172 Å². The van der Waals surface area contributed by atoms with Gasteiger partial charge in [0.25, 0.3) is 5.69 Å². The third-order valence-corrected chi connectivity index (χ3v) is 4.56. The first-order valence-corrected chi connectivity index (χ1v) is 8.98. The van der Waals surface area contributed by atoms with Gasteiger partial charge in [0.15, 0.2) is 0 Å². The van der Waals surface area contributed by atoms with Gasteiger partial charge in [-0.2, -0.15) is 0 Å². The average Bonchev–Trinajstić information content (AvgIpc) is 2.69. The van der Waals surface area contributed by atoms with Gasteiger partial charge in [0.1, 0.15) is 5.75 Å². The number of nitrogens with one attached hydrogen (secondary N) is 2. The molecule has 0 saturated carbocycles. The first-order valence-electron chi connectivity index (χ1n) is 8.60. The van der Waals surface area contributed by atoms with Crippen LogP contribution in [0, 0.1) is 10.1 Å². The lowest BCUT2D eigenvalue weighted by atomic mass is 10.2. The van der Waals surface area contributed by atoms with Crippen molar-refractivity contribution in [2.45, 2.75) is 13.0 Å². The number of nitro benzene ring substituents is 1. The molecule has 2 aromatic rings. The van der Waals surface area contributed by atoms with Gasteiger partial charge in [0.2, 0.25) is 11.8 Å². The van der Waals surface area contributed by atoms with Gasteiger partial charge in [0.05, 0.1) is 47.1 Å². The van der Waals surface area contributed by atoms with E-state index in [-0.39, 0.29) is 23.9 Å². The van der Waals surface area contributed by atoms with Crippen LogP contribution in [0.1, 0.15) is 6.92 Å². The Morgan fingerprint density at radius 1 is 1.21 bits per heavy atom. The van der Waals surface area contributed by atoms with E-state index >= 15 is 0 Å². The van der Waals surface area contributed by atoms with Crippen LogP contribution < -0.4 is 15.4 Å². The molecule has 10 heteroatoms. The summed E-state index contributed by atoms with van der Waals surface area (Å²) in [7, 11) is 2.98. The maximum Gasteiger partial charge on any atom is 0.273 e. The van der Waals surface area contributed by atoms with Crippen molar-refractivity contribution in [3.63, 3.8) is 0 Å². The summed E-state index contributed by atoms with van der Waals surface area (Å²) < 4.78 is 5.11. The number of benzene rings is 2. The van der Waals surface area contributed by atoms with Crippen LogP contribution >= 0.6 is 11.6 Å². The molecule has 9 nitrogen and oxygen atoms in total. The molecule has 2 amide bonds. The molecule has 0 saturated heterocycles. The largest absolute Gasteiger partial charge is 0.494 e. The second-order valence-corrected chi connectivity index (χ2v) is 6.66. The zero-order valence-electron chi connectivity index (χ0n) is 16.1. The monoisotopic (exact) mass is 420 g/mol. The van der Waals surface area contributed by atoms with E-state index in [1.54, 1.807) is 43.1 Å². The Hall–Kier alpha value is -3.17. The molecule has 0 bridgehead atoms. The zero-order valence-corrected chi connectivity index (χ0v) is 16.9. The van der Waals surface area contributed by atoms with Crippen molar-refractivity contribution in [1.82, 2.24) is 4.90 Å². The smallest absolute Gasteiger partial charge is 0.273 e. The third-order valence-electron chi connectivity index (χ3n) is 4.24. The highest BCUT2D eigenvalue weighted by molar-refractivity contribution is 6.33. The van der Waals surface area contributed by atoms with Crippen LogP contribution in [0.3, 0.4) is 0 Å². The quantitative estimate of drug-likeness (QED) is 0.501. The molecule has 2 aromatic carbocycles. The lowest BCUT2D eigenvalue weighted by Crippen LogP contribution is -2.43. The number of anilines is 2. The average molecular weight is 421 g/mol. The fourth-order valence-electron chi connectivity index (χ4n) is 2.45. The minimum atomic E-state index is -0.660. The summed E-state index contributed by atoms with van der Waals surface area (Å²) >= 11 is 6.02. The predicted octanol–water partition coefficient (Wildman–Crippen LogP) is 3.15. The first-order chi connectivity index (χ1) is 13.7. The second-order valence-electron chi connectivity index (χ2n) is 6.25. The fraction of sp³-hybridized carbons (Fsp3) is 0.263. The summed E-state index contributed by atoms with van der Waals surface area (Å²) in [5.41, 5.74) is 0.630. The molecular weight excluding hydrogens is 400 g/mol. The zero-order chi connectivity index (χ0) is 21.6. The number of likely N-dealkylation sites (N-methyl/N-ethyl adjacent to an activating group) is 1. The number of nitrogens with zero attached hydrogens (tertiary/aromatic N) is 2. The third kappa shape index (κ3) is 5.90. The number of methoxy groups -OCH3 is 1. The number of ether oxygens (including phenoxy) is 1. The molecular formula is C19H21ClN4O5. The molecule has 29 heavy (non-hydrogen) atoms. The fourth-order valence-corrected chi connectivity index (χ4v) is 2.63. The van der Waals surface area contributed by atoms with Gasteiger partial charge >= 0.3 is 0 Å². The SMILES string of the molecule is COc1cc([N+](=O)[O-])ccc1NC(=O)[C@H](C)N(C)CC(=O)Nc1ccccc1Cl. The van der Waals surface area contributed by atoms with Gasteiger partial charge in [0, 0.05) is 6.07 Å². The van der Waals surface area contributed by atoms with E-state index in [1.165, 1.54) is 25.3 Å². The number of carbonyl (C=O) groups is 2. The number of hydrogen-bond acceptors (Lipinski definition) is 6. The number of rotatable bonds is 8. The van der Waals surface area contributed by atoms with Gasteiger partial charge in [-0.15, -0.1) is 0 Å². The van der Waals surface area contributed by atoms with Crippen molar-refractivity contribution in [3.05, 3.63) is 57.6 Å². The lowest BCUT2D eigenvalue weighted by Gasteiger charge is -2.23. The molecule has 0 spiro atoms. The maximum absolute atomic E-state index is 12.5. The Morgan fingerprint density at radius 2 is 1.90 bits per heavy atom. The molecule has 0 aliphatic heterocycles. The number of non-ortho nitro benzene ring substituents is 1. The van der Waals surface area contributed by atoms with Crippen LogP contribution in [0.4, 0.5) is 17.1 Å². The summed E-state index contributed by atoms with van der Waals surface area (Å²) in [5.74, 6) is -0.558. The molecule has 0 unspecified atom stereocenters. The Balaban J connectivity index is 1.99. The molecule has 1 atom stereocenters. The van der Waals surface area contributed by atoms with Crippen LogP contribution in [-0.4, -0.2) is 48.4 Å². The summed E-state index contributed by atoms with van der Waals surface area (Å²) in [6, 6.07) is 10.1. The number of carbonyl (C=O) groups excluding carboxylic acids is 2. The Kier molecular flexibility index (Phi) is 7.52. The topological polar surface area (TPSA) is 114 Å². The van der Waals surface area contributed by atoms with Crippen molar-refractivity contribution in [2.24, 2.45) is 0 Å². The van der Waals surface area contributed by atoms with Crippen molar-refractivity contribution < 1.29 is 19.2 Å². The molecule has 2 N–H and O–H groups in total. The molecule has 0 aromatic heterocycles. The van der Waals surface area contributed by atoms with E-state index in [1.807, 2.05) is 0 Å². The van der Waals surface area contributed by atoms with Crippen LogP contribution in [0.2, 0.25) is 5.02 Å². The molecule has 0 heterocycles. The molecule has 0 fully saturated rings. The van der Waals surface area contributed by atoms with Crippen molar-refractivity contribution in [2.75, 3.05) is 31.3 Å². The highest BCUT2D eigenvalue weighted by atomic mass is 35.5. The number of amides is 2. The Bertz CT molecular complexity index is 921. The van der Waals surface area contributed by atoms with E-state index in [2.05, 4.69) is 10.6 Å². The molecule has 0 aliphatic rings. The van der Waals surface area contributed by atoms with Gasteiger partial charge in [-0.3, -0.25) is 24.6 Å². The maximum atomic E-state index is 12.5. The van der Waals surface area contributed by atoms with Crippen molar-refractivity contribution in [1.29, 1.82) is 0 Å². The summed E-state index contributed by atoms with van der Waals surface area (Å²) in [6.07, 6.45) is 0. The number of halogens is 1. The van der Waals surface area contributed by atoms with Crippen LogP contribution in [0.5, 0.6) is 5.75 Å². The van der Waals surface area contributed by atoms with E-state index < -0.39 is 16.9 Å². The van der Waals surface area contributed by atoms with E-state index in [9.17, 15) is 19.7 Å². The standard InChI is InChI=1S/C19H21ClN4O5/c1-12(23(2)11-18(25)21-15-7-5-4-6-14(15)20)19(26)22-16-9-8-13(24(27)28)10-17(16)29-3/h4-10,12H,11H2,1-3H3,(H,21,25)(H,22,26)/t12-/m0/s1. The van der Waals surface area contributed by atoms with Gasteiger partial charge in [-0.1, -0.05) is 23.7 Å². The highest BCUT2D eigenvalue weighted by Crippen LogP contribution is 2.29. The normalized spacial score (nSPS) is 11.6. The summed E-state index contributed by atoms with van der Waals surface area (Å²) in [6.45, 7) is 1.59. The second kappa shape index (κ2) is 9.85. The van der Waals surface area contributed by atoms with Crippen molar-refractivity contribution in [3.8, 4) is 5.75 Å². The minimum absolute atomic E-state index is 0.0444. The van der Waals surface area contributed by atoms with Crippen LogP contribution in [0.25, 0.3) is 0 Å². The number of nitro groups is 1. The number of para-hydroxylation sites is 1. The van der Waals surface area contributed by atoms with Gasteiger partial charge < -0.3 is 15.4 Å². The van der Waals surface area contributed by atoms with Crippen LogP contribution in [0.15, 0.2) is 42.5 Å². The minimum Gasteiger partial charge on any atom is -0.494 e. The first kappa shape index (κ1) is 22.1. The van der Waals surface area contributed by atoms with Gasteiger partial charge in [-0.25, -0.2) is 0 Å². The van der Waals surface area contributed by atoms with Gasteiger partial charge in [-0.05, 0) is 32.2 Å². The highest BCUT2D eigenvalue weighted by Gasteiger charge is 2.22. The summed E-state index contributed by atoms with van der Waals surface area (Å²) in [4.78, 5) is 36.6. The summed E-state index contributed by atoms with van der Waals surface area (Å²) in [5, 5.41) is 16.6. The number of hydrogen-bond donors (Lipinski definition) is 2. The molecule has 0 aliphatic carbocycles. The van der Waals surface area contributed by atoms with Crippen LogP contribution in [-0.2, 0) is 9.59 Å². The predicted molar refractivity (Wildman–Crippen MR) is 110 cm³/mol.